The van der Waals surface area contributed by atoms with Crippen molar-refractivity contribution in [2.24, 2.45) is 16.5 Å². The van der Waals surface area contributed by atoms with E-state index in [9.17, 15) is 18.9 Å². The molecule has 0 radical (unpaired) electrons. The fraction of sp³-hybridized carbons (Fsp3) is 0.526. The first-order chi connectivity index (χ1) is 14.4. The van der Waals surface area contributed by atoms with Gasteiger partial charge in [0.1, 0.15) is 6.04 Å². The summed E-state index contributed by atoms with van der Waals surface area (Å²) in [6, 6.07) is 7.86. The lowest BCUT2D eigenvalue weighted by Crippen LogP contribution is -2.46. The van der Waals surface area contributed by atoms with Gasteiger partial charge < -0.3 is 21.9 Å². The van der Waals surface area contributed by atoms with E-state index >= 15 is 0 Å². The molecule has 168 valence electrons. The molecule has 1 rings (SSSR count). The quantitative estimate of drug-likeness (QED) is 0.142. The Morgan fingerprint density at radius 2 is 1.77 bits per heavy atom. The van der Waals surface area contributed by atoms with Gasteiger partial charge in [0.05, 0.1) is 6.61 Å². The Morgan fingerprint density at radius 3 is 2.43 bits per heavy atom. The number of nitrogens with two attached hydrogens (primary N) is 2. The van der Waals surface area contributed by atoms with E-state index in [0.717, 1.165) is 31.2 Å². The van der Waals surface area contributed by atoms with Crippen molar-refractivity contribution in [3.8, 4) is 0 Å². The van der Waals surface area contributed by atoms with E-state index in [-0.39, 0.29) is 25.0 Å². The van der Waals surface area contributed by atoms with E-state index in [1.165, 1.54) is 0 Å². The van der Waals surface area contributed by atoms with Crippen LogP contribution in [0.15, 0.2) is 35.3 Å². The van der Waals surface area contributed by atoms with E-state index < -0.39 is 23.3 Å². The molecular weight excluding hydrogens is 410 g/mol. The Balaban J connectivity index is 2.18. The number of carbonyl (C=O) groups excluding carboxylic acids is 1. The number of hydrogen-bond donors (Lipinski definition) is 5. The van der Waals surface area contributed by atoms with Gasteiger partial charge >= 0.3 is 5.97 Å². The maximum absolute atomic E-state index is 11.9. The first-order valence-corrected chi connectivity index (χ1v) is 10.9. The van der Waals surface area contributed by atoms with Crippen LogP contribution in [0.3, 0.4) is 0 Å². The summed E-state index contributed by atoms with van der Waals surface area (Å²) in [5, 5.41) is 11.8. The van der Waals surface area contributed by atoms with Gasteiger partial charge in [-0.15, -0.1) is 0 Å². The fourth-order valence-corrected chi connectivity index (χ4v) is 3.19. The third-order valence-electron chi connectivity index (χ3n) is 4.07. The number of rotatable bonds is 16. The SMILES string of the molecule is NC(N)=NCCCCCCCC(=O)NCC(NS(=O)OCc1ccccc1)C(=O)O. The number of aliphatic imine (C=N–C) groups is 1. The van der Waals surface area contributed by atoms with Gasteiger partial charge in [-0.3, -0.25) is 18.8 Å². The van der Waals surface area contributed by atoms with Crippen molar-refractivity contribution in [3.05, 3.63) is 35.9 Å². The molecule has 0 aliphatic carbocycles. The van der Waals surface area contributed by atoms with Crippen molar-refractivity contribution < 1.29 is 23.1 Å². The number of nitrogens with zero attached hydrogens (tertiary/aromatic N) is 1. The van der Waals surface area contributed by atoms with Gasteiger partial charge in [-0.25, -0.2) is 4.21 Å². The van der Waals surface area contributed by atoms with Crippen molar-refractivity contribution >= 4 is 29.1 Å². The van der Waals surface area contributed by atoms with Gasteiger partial charge in [0.25, 0.3) is 0 Å². The van der Waals surface area contributed by atoms with E-state index in [0.29, 0.717) is 19.4 Å². The summed E-state index contributed by atoms with van der Waals surface area (Å²) in [6.07, 6.45) is 4.70. The smallest absolute Gasteiger partial charge is 0.323 e. The van der Waals surface area contributed by atoms with E-state index in [1.807, 2.05) is 18.2 Å². The number of guanidine groups is 1. The fourth-order valence-electron chi connectivity index (χ4n) is 2.47. The van der Waals surface area contributed by atoms with Crippen LogP contribution in [-0.2, 0) is 31.6 Å². The lowest BCUT2D eigenvalue weighted by Gasteiger charge is -2.14. The van der Waals surface area contributed by atoms with E-state index in [2.05, 4.69) is 15.0 Å². The molecule has 0 aliphatic heterocycles. The van der Waals surface area contributed by atoms with Gasteiger partial charge in [-0.1, -0.05) is 49.6 Å². The second kappa shape index (κ2) is 15.4. The van der Waals surface area contributed by atoms with Crippen molar-refractivity contribution in [3.63, 3.8) is 0 Å². The summed E-state index contributed by atoms with van der Waals surface area (Å²) in [6.45, 7) is 0.487. The molecule has 2 unspecified atom stereocenters. The third-order valence-corrected chi connectivity index (χ3v) is 4.88. The minimum Gasteiger partial charge on any atom is -0.480 e. The van der Waals surface area contributed by atoms with Crippen molar-refractivity contribution in [2.75, 3.05) is 13.1 Å². The van der Waals surface area contributed by atoms with Gasteiger partial charge in [-0.2, -0.15) is 4.72 Å². The standard InChI is InChI=1S/C19H31N5O5S/c20-19(21)22-12-8-3-1-2-7-11-17(25)23-13-16(18(26)27)24-30(28)29-14-15-9-5-4-6-10-15/h4-6,9-10,16,24H,1-3,7-8,11-14H2,(H,23,25)(H,26,27)(H4,20,21,22). The predicted octanol–water partition coefficient (Wildman–Crippen LogP) is 0.555. The number of nitrogens with one attached hydrogen (secondary N) is 2. The average Bonchev–Trinajstić information content (AvgIpc) is 2.71. The molecule has 7 N–H and O–H groups in total. The van der Waals surface area contributed by atoms with Crippen LogP contribution >= 0.6 is 0 Å². The molecule has 0 aromatic heterocycles. The Bertz CT molecular complexity index is 698. The molecular formula is C19H31N5O5S. The molecule has 0 spiro atoms. The van der Waals surface area contributed by atoms with Gasteiger partial charge in [0, 0.05) is 19.5 Å². The monoisotopic (exact) mass is 441 g/mol. The molecule has 2 atom stereocenters. The Labute approximate surface area is 179 Å². The van der Waals surface area contributed by atoms with Crippen LogP contribution in [0.2, 0.25) is 0 Å². The number of amides is 1. The van der Waals surface area contributed by atoms with Crippen LogP contribution in [0, 0.1) is 0 Å². The van der Waals surface area contributed by atoms with Gasteiger partial charge in [0.2, 0.25) is 17.2 Å². The molecule has 10 nitrogen and oxygen atoms in total. The number of carbonyl (C=O) groups is 2. The van der Waals surface area contributed by atoms with Gasteiger partial charge in [0.15, 0.2) is 5.96 Å². The van der Waals surface area contributed by atoms with Crippen LogP contribution in [0.5, 0.6) is 0 Å². The molecule has 0 saturated heterocycles. The van der Waals surface area contributed by atoms with Crippen LogP contribution in [0.25, 0.3) is 0 Å². The summed E-state index contributed by atoms with van der Waals surface area (Å²) in [5.41, 5.74) is 11.3. The third kappa shape index (κ3) is 12.9. The van der Waals surface area contributed by atoms with Crippen LogP contribution in [-0.4, -0.2) is 46.3 Å². The van der Waals surface area contributed by atoms with Crippen LogP contribution in [0.4, 0.5) is 0 Å². The highest BCUT2D eigenvalue weighted by Gasteiger charge is 2.21. The minimum atomic E-state index is -2.01. The largest absolute Gasteiger partial charge is 0.480 e. The van der Waals surface area contributed by atoms with Crippen molar-refractivity contribution in [1.82, 2.24) is 10.0 Å². The van der Waals surface area contributed by atoms with Gasteiger partial charge in [-0.05, 0) is 18.4 Å². The highest BCUT2D eigenvalue weighted by atomic mass is 32.2. The zero-order valence-corrected chi connectivity index (χ0v) is 17.7. The zero-order valence-electron chi connectivity index (χ0n) is 16.9. The Kier molecular flexibility index (Phi) is 13.1. The number of unbranched alkanes of at least 4 members (excludes halogenated alkanes) is 4. The van der Waals surface area contributed by atoms with E-state index in [4.69, 9.17) is 15.7 Å². The lowest BCUT2D eigenvalue weighted by molar-refractivity contribution is -0.138. The molecule has 1 aromatic rings. The molecule has 30 heavy (non-hydrogen) atoms. The second-order valence-electron chi connectivity index (χ2n) is 6.62. The first kappa shape index (κ1) is 25.5. The van der Waals surface area contributed by atoms with E-state index in [1.54, 1.807) is 12.1 Å². The number of aliphatic carboxylic acids is 1. The number of carboxylic acid groups (broad SMARTS) is 1. The maximum Gasteiger partial charge on any atom is 0.323 e. The average molecular weight is 442 g/mol. The summed E-state index contributed by atoms with van der Waals surface area (Å²) in [7, 11) is 0. The van der Waals surface area contributed by atoms with Crippen molar-refractivity contribution in [1.29, 1.82) is 0 Å². The molecule has 1 amide bonds. The molecule has 0 aliphatic rings. The van der Waals surface area contributed by atoms with Crippen LogP contribution in [0.1, 0.15) is 44.1 Å². The summed E-state index contributed by atoms with van der Waals surface area (Å²) in [4.78, 5) is 27.1. The molecule has 0 saturated carbocycles. The minimum absolute atomic E-state index is 0.0745. The Hall–Kier alpha value is -2.50. The van der Waals surface area contributed by atoms with Crippen molar-refractivity contribution in [2.45, 2.75) is 51.2 Å². The normalized spacial score (nSPS) is 12.7. The lowest BCUT2D eigenvalue weighted by atomic mass is 10.1. The molecule has 0 bridgehead atoms. The summed E-state index contributed by atoms with van der Waals surface area (Å²) >= 11 is -2.01. The maximum atomic E-state index is 11.9. The Morgan fingerprint density at radius 1 is 1.10 bits per heavy atom. The number of benzene rings is 1. The first-order valence-electron chi connectivity index (χ1n) is 9.78. The molecule has 0 heterocycles. The zero-order chi connectivity index (χ0) is 22.2. The molecule has 1 aromatic carbocycles. The molecule has 11 heteroatoms. The molecule has 0 fully saturated rings. The predicted molar refractivity (Wildman–Crippen MR) is 115 cm³/mol. The number of hydrogen-bond acceptors (Lipinski definition) is 5. The summed E-state index contributed by atoms with van der Waals surface area (Å²) in [5.74, 6) is -1.39. The summed E-state index contributed by atoms with van der Waals surface area (Å²) < 4.78 is 19.4. The highest BCUT2D eigenvalue weighted by molar-refractivity contribution is 7.78. The highest BCUT2D eigenvalue weighted by Crippen LogP contribution is 2.06. The second-order valence-corrected chi connectivity index (χ2v) is 7.56. The number of carboxylic acids is 1. The topological polar surface area (TPSA) is 169 Å². The van der Waals surface area contributed by atoms with Crippen LogP contribution < -0.4 is 21.5 Å².